The number of hydrogen-bond donors (Lipinski definition) is 2. The number of carbonyl (C=O) groups excluding carboxylic acids is 1. The van der Waals surface area contributed by atoms with Gasteiger partial charge in [0.05, 0.1) is 18.9 Å². The van der Waals surface area contributed by atoms with Crippen LogP contribution in [0.15, 0.2) is 54.6 Å². The molecule has 1 amide bonds. The van der Waals surface area contributed by atoms with Gasteiger partial charge >= 0.3 is 5.97 Å². The first-order valence-electron chi connectivity index (χ1n) is 7.86. The van der Waals surface area contributed by atoms with Gasteiger partial charge in [-0.15, -0.1) is 0 Å². The molecule has 5 nitrogen and oxygen atoms in total. The van der Waals surface area contributed by atoms with Gasteiger partial charge in [-0.1, -0.05) is 42.5 Å². The quantitative estimate of drug-likeness (QED) is 0.781. The minimum Gasteiger partial charge on any atom is -0.494 e. The monoisotopic (exact) mass is 327 g/mol. The third kappa shape index (κ3) is 5.12. The Morgan fingerprint density at radius 3 is 2.33 bits per heavy atom. The van der Waals surface area contributed by atoms with Crippen LogP contribution in [-0.2, 0) is 16.0 Å². The molecule has 0 unspecified atom stereocenters. The van der Waals surface area contributed by atoms with Gasteiger partial charge in [0.1, 0.15) is 5.75 Å². The summed E-state index contributed by atoms with van der Waals surface area (Å²) in [5.41, 5.74) is 1.52. The van der Waals surface area contributed by atoms with Crippen molar-refractivity contribution < 1.29 is 19.4 Å². The molecule has 126 valence electrons. The fourth-order valence-corrected chi connectivity index (χ4v) is 2.37. The van der Waals surface area contributed by atoms with Crippen LogP contribution >= 0.6 is 0 Å². The highest BCUT2D eigenvalue weighted by molar-refractivity contribution is 5.81. The molecule has 2 aromatic carbocycles. The standard InChI is InChI=1S/C19H21NO4/c1-2-24-16-10-8-14(9-11-16)12-18(21)20-13-17(19(22)23)15-6-4-3-5-7-15/h3-11,17H,2,12-13H2,1H3,(H,20,21)(H,22,23)/t17-/m1/s1. The van der Waals surface area contributed by atoms with Gasteiger partial charge in [0, 0.05) is 6.54 Å². The third-order valence-corrected chi connectivity index (χ3v) is 3.60. The van der Waals surface area contributed by atoms with Crippen molar-refractivity contribution in [2.24, 2.45) is 0 Å². The van der Waals surface area contributed by atoms with E-state index in [0.717, 1.165) is 11.3 Å². The molecule has 24 heavy (non-hydrogen) atoms. The second-order valence-electron chi connectivity index (χ2n) is 5.36. The molecule has 0 saturated heterocycles. The number of rotatable bonds is 8. The first kappa shape index (κ1) is 17.5. The lowest BCUT2D eigenvalue weighted by Crippen LogP contribution is -2.32. The summed E-state index contributed by atoms with van der Waals surface area (Å²) in [6.45, 7) is 2.57. The number of carboxylic acids is 1. The summed E-state index contributed by atoms with van der Waals surface area (Å²) in [7, 11) is 0. The van der Waals surface area contributed by atoms with Gasteiger partial charge in [-0.3, -0.25) is 9.59 Å². The number of benzene rings is 2. The summed E-state index contributed by atoms with van der Waals surface area (Å²) >= 11 is 0. The Bertz CT molecular complexity index is 668. The Hall–Kier alpha value is -2.82. The van der Waals surface area contributed by atoms with Crippen molar-refractivity contribution >= 4 is 11.9 Å². The zero-order valence-electron chi connectivity index (χ0n) is 13.6. The summed E-state index contributed by atoms with van der Waals surface area (Å²) in [6.07, 6.45) is 0.202. The molecule has 0 aromatic heterocycles. The molecule has 0 fully saturated rings. The van der Waals surface area contributed by atoms with E-state index in [9.17, 15) is 14.7 Å². The van der Waals surface area contributed by atoms with Gasteiger partial charge in [-0.25, -0.2) is 0 Å². The lowest BCUT2D eigenvalue weighted by molar-refractivity contribution is -0.138. The Morgan fingerprint density at radius 2 is 1.75 bits per heavy atom. The van der Waals surface area contributed by atoms with Crippen LogP contribution in [0.25, 0.3) is 0 Å². The lowest BCUT2D eigenvalue weighted by Gasteiger charge is -2.14. The fourth-order valence-electron chi connectivity index (χ4n) is 2.37. The van der Waals surface area contributed by atoms with Crippen LogP contribution in [-0.4, -0.2) is 30.1 Å². The van der Waals surface area contributed by atoms with Crippen molar-refractivity contribution in [3.63, 3.8) is 0 Å². The number of amides is 1. The van der Waals surface area contributed by atoms with Gasteiger partial charge in [0.2, 0.25) is 5.91 Å². The zero-order chi connectivity index (χ0) is 17.4. The highest BCUT2D eigenvalue weighted by Crippen LogP contribution is 2.15. The first-order chi connectivity index (χ1) is 11.6. The number of carboxylic acid groups (broad SMARTS) is 1. The van der Waals surface area contributed by atoms with Crippen molar-refractivity contribution in [1.29, 1.82) is 0 Å². The van der Waals surface area contributed by atoms with Crippen LogP contribution in [0.3, 0.4) is 0 Å². The van der Waals surface area contributed by atoms with Gasteiger partial charge in [-0.2, -0.15) is 0 Å². The summed E-state index contributed by atoms with van der Waals surface area (Å²) < 4.78 is 5.35. The van der Waals surface area contributed by atoms with E-state index in [0.29, 0.717) is 12.2 Å². The normalized spacial score (nSPS) is 11.5. The topological polar surface area (TPSA) is 75.6 Å². The molecule has 2 rings (SSSR count). The Kier molecular flexibility index (Phi) is 6.37. The average Bonchev–Trinajstić information content (AvgIpc) is 2.58. The molecule has 0 spiro atoms. The van der Waals surface area contributed by atoms with Gasteiger partial charge in [0.25, 0.3) is 0 Å². The first-order valence-corrected chi connectivity index (χ1v) is 7.86. The molecule has 0 aliphatic heterocycles. The largest absolute Gasteiger partial charge is 0.494 e. The molecule has 2 aromatic rings. The van der Waals surface area contributed by atoms with Crippen molar-refractivity contribution in [2.75, 3.05) is 13.2 Å². The van der Waals surface area contributed by atoms with Crippen LogP contribution in [0, 0.1) is 0 Å². The van der Waals surface area contributed by atoms with Crippen LogP contribution in [0.4, 0.5) is 0 Å². The van der Waals surface area contributed by atoms with Crippen LogP contribution in [0.2, 0.25) is 0 Å². The maximum atomic E-state index is 12.0. The number of aliphatic carboxylic acids is 1. The van der Waals surface area contributed by atoms with E-state index in [1.54, 1.807) is 24.3 Å². The maximum Gasteiger partial charge on any atom is 0.312 e. The van der Waals surface area contributed by atoms with Crippen LogP contribution in [0.5, 0.6) is 5.75 Å². The van der Waals surface area contributed by atoms with Crippen molar-refractivity contribution in [1.82, 2.24) is 5.32 Å². The molecule has 1 atom stereocenters. The van der Waals surface area contributed by atoms with Gasteiger partial charge < -0.3 is 15.2 Å². The third-order valence-electron chi connectivity index (χ3n) is 3.60. The number of carbonyl (C=O) groups is 2. The molecular formula is C19H21NO4. The Morgan fingerprint density at radius 1 is 1.08 bits per heavy atom. The molecule has 0 saturated carbocycles. The Balaban J connectivity index is 1.90. The predicted molar refractivity (Wildman–Crippen MR) is 91.1 cm³/mol. The predicted octanol–water partition coefficient (Wildman–Crippen LogP) is 2.61. The van der Waals surface area contributed by atoms with E-state index in [1.807, 2.05) is 37.3 Å². The van der Waals surface area contributed by atoms with Crippen LogP contribution in [0.1, 0.15) is 24.0 Å². The molecule has 0 heterocycles. The SMILES string of the molecule is CCOc1ccc(CC(=O)NC[C@@H](C(=O)O)c2ccccc2)cc1. The summed E-state index contributed by atoms with van der Waals surface area (Å²) in [4.78, 5) is 23.5. The van der Waals surface area contributed by atoms with Crippen molar-refractivity contribution in [3.8, 4) is 5.75 Å². The van der Waals surface area contributed by atoms with E-state index in [4.69, 9.17) is 4.74 Å². The molecule has 2 N–H and O–H groups in total. The summed E-state index contributed by atoms with van der Waals surface area (Å²) in [5, 5.41) is 12.0. The molecule has 0 radical (unpaired) electrons. The van der Waals surface area contributed by atoms with E-state index in [1.165, 1.54) is 0 Å². The lowest BCUT2D eigenvalue weighted by atomic mass is 9.99. The second kappa shape index (κ2) is 8.72. The second-order valence-corrected chi connectivity index (χ2v) is 5.36. The van der Waals surface area contributed by atoms with Crippen LogP contribution < -0.4 is 10.1 Å². The highest BCUT2D eigenvalue weighted by Gasteiger charge is 2.20. The molecule has 5 heteroatoms. The average molecular weight is 327 g/mol. The molecule has 0 aliphatic rings. The zero-order valence-corrected chi connectivity index (χ0v) is 13.6. The van der Waals surface area contributed by atoms with E-state index >= 15 is 0 Å². The van der Waals surface area contributed by atoms with E-state index < -0.39 is 11.9 Å². The van der Waals surface area contributed by atoms with E-state index in [2.05, 4.69) is 5.32 Å². The van der Waals surface area contributed by atoms with Crippen molar-refractivity contribution in [3.05, 3.63) is 65.7 Å². The summed E-state index contributed by atoms with van der Waals surface area (Å²) in [6, 6.07) is 16.2. The maximum absolute atomic E-state index is 12.0. The van der Waals surface area contributed by atoms with Gasteiger partial charge in [0.15, 0.2) is 0 Å². The number of nitrogens with one attached hydrogen (secondary N) is 1. The Labute approximate surface area is 141 Å². The summed E-state index contributed by atoms with van der Waals surface area (Å²) in [5.74, 6) is -1.16. The molecule has 0 aliphatic carbocycles. The minimum absolute atomic E-state index is 0.0647. The van der Waals surface area contributed by atoms with Gasteiger partial charge in [-0.05, 0) is 30.2 Å². The molecular weight excluding hydrogens is 306 g/mol. The molecule has 0 bridgehead atoms. The minimum atomic E-state index is -0.956. The highest BCUT2D eigenvalue weighted by atomic mass is 16.5. The number of hydrogen-bond acceptors (Lipinski definition) is 3. The smallest absolute Gasteiger partial charge is 0.312 e. The van der Waals surface area contributed by atoms with E-state index in [-0.39, 0.29) is 18.9 Å². The number of ether oxygens (including phenoxy) is 1. The van der Waals surface area contributed by atoms with Crippen molar-refractivity contribution in [2.45, 2.75) is 19.3 Å². The fraction of sp³-hybridized carbons (Fsp3) is 0.263.